The number of fused-ring (bicyclic) bond motifs is 1. The van der Waals surface area contributed by atoms with E-state index in [4.69, 9.17) is 16.3 Å². The summed E-state index contributed by atoms with van der Waals surface area (Å²) in [6.07, 6.45) is 4.70. The van der Waals surface area contributed by atoms with Crippen LogP contribution in [0.4, 0.5) is 5.82 Å². The van der Waals surface area contributed by atoms with Crippen molar-refractivity contribution in [1.29, 1.82) is 0 Å². The third-order valence-electron chi connectivity index (χ3n) is 4.28. The molecule has 1 aromatic heterocycles. The van der Waals surface area contributed by atoms with Gasteiger partial charge in [-0.25, -0.2) is 9.97 Å². The van der Waals surface area contributed by atoms with Crippen molar-refractivity contribution in [2.24, 2.45) is 0 Å². The standard InChI is InChI=1S/C16H19BrClN3O/c1-9-7-10(17)8-13-14(9)20-16(18)21-15(13)19-11-3-5-12(22-2)6-4-11/h7-8,11-12H,3-6H2,1-2H3,(H,19,20,21). The van der Waals surface area contributed by atoms with E-state index >= 15 is 0 Å². The molecule has 1 saturated carbocycles. The summed E-state index contributed by atoms with van der Waals surface area (Å²) in [5.41, 5.74) is 1.98. The van der Waals surface area contributed by atoms with Crippen LogP contribution in [0, 0.1) is 6.92 Å². The van der Waals surface area contributed by atoms with Gasteiger partial charge in [0.05, 0.1) is 11.6 Å². The van der Waals surface area contributed by atoms with Crippen molar-refractivity contribution >= 4 is 44.3 Å². The zero-order chi connectivity index (χ0) is 15.7. The van der Waals surface area contributed by atoms with Crippen LogP contribution in [0.15, 0.2) is 16.6 Å². The summed E-state index contributed by atoms with van der Waals surface area (Å²) in [5, 5.41) is 4.84. The topological polar surface area (TPSA) is 47.0 Å². The highest BCUT2D eigenvalue weighted by molar-refractivity contribution is 9.10. The van der Waals surface area contributed by atoms with Crippen LogP contribution in [0.25, 0.3) is 10.9 Å². The maximum Gasteiger partial charge on any atom is 0.224 e. The molecule has 1 heterocycles. The van der Waals surface area contributed by atoms with Crippen molar-refractivity contribution in [1.82, 2.24) is 9.97 Å². The molecule has 3 rings (SSSR count). The van der Waals surface area contributed by atoms with Crippen LogP contribution >= 0.6 is 27.5 Å². The van der Waals surface area contributed by atoms with Crippen molar-refractivity contribution in [2.45, 2.75) is 44.8 Å². The highest BCUT2D eigenvalue weighted by Gasteiger charge is 2.22. The Bertz CT molecular complexity index is 687. The maximum absolute atomic E-state index is 6.10. The fraction of sp³-hybridized carbons (Fsp3) is 0.500. The van der Waals surface area contributed by atoms with E-state index in [1.54, 1.807) is 7.11 Å². The number of benzene rings is 1. The molecular weight excluding hydrogens is 366 g/mol. The van der Waals surface area contributed by atoms with Crippen molar-refractivity contribution < 1.29 is 4.74 Å². The second kappa shape index (κ2) is 6.69. The van der Waals surface area contributed by atoms with Crippen LogP contribution < -0.4 is 5.32 Å². The number of hydrogen-bond donors (Lipinski definition) is 1. The third-order valence-corrected chi connectivity index (χ3v) is 4.90. The Balaban J connectivity index is 1.90. The number of halogens is 2. The lowest BCUT2D eigenvalue weighted by molar-refractivity contribution is 0.0681. The largest absolute Gasteiger partial charge is 0.381 e. The Morgan fingerprint density at radius 1 is 1.23 bits per heavy atom. The summed E-state index contributed by atoms with van der Waals surface area (Å²) in [6, 6.07) is 4.49. The molecule has 0 bridgehead atoms. The van der Waals surface area contributed by atoms with E-state index in [0.717, 1.165) is 52.4 Å². The molecule has 0 amide bonds. The van der Waals surface area contributed by atoms with E-state index < -0.39 is 0 Å². The van der Waals surface area contributed by atoms with Crippen LogP contribution in [0.5, 0.6) is 0 Å². The molecule has 1 aliphatic rings. The minimum atomic E-state index is 0.283. The lowest BCUT2D eigenvalue weighted by Crippen LogP contribution is -2.29. The number of aromatic nitrogens is 2. The molecule has 4 nitrogen and oxygen atoms in total. The highest BCUT2D eigenvalue weighted by atomic mass is 79.9. The number of nitrogens with zero attached hydrogens (tertiary/aromatic N) is 2. The number of hydrogen-bond acceptors (Lipinski definition) is 4. The molecule has 22 heavy (non-hydrogen) atoms. The predicted molar refractivity (Wildman–Crippen MR) is 93.7 cm³/mol. The van der Waals surface area contributed by atoms with E-state index in [1.165, 1.54) is 0 Å². The van der Waals surface area contributed by atoms with Gasteiger partial charge in [0.2, 0.25) is 5.28 Å². The number of ether oxygens (including phenoxy) is 1. The molecule has 1 aromatic carbocycles. The Hall–Kier alpha value is -0.910. The van der Waals surface area contributed by atoms with Gasteiger partial charge in [-0.05, 0) is 61.9 Å². The zero-order valence-electron chi connectivity index (χ0n) is 12.7. The van der Waals surface area contributed by atoms with E-state index in [9.17, 15) is 0 Å². The summed E-state index contributed by atoms with van der Waals surface area (Å²) < 4.78 is 6.45. The average Bonchev–Trinajstić information content (AvgIpc) is 2.49. The predicted octanol–water partition coefficient (Wildman–Crippen LogP) is 4.72. The maximum atomic E-state index is 6.10. The van der Waals surface area contributed by atoms with Gasteiger partial charge in [-0.3, -0.25) is 0 Å². The first-order chi connectivity index (χ1) is 10.6. The molecule has 1 N–H and O–H groups in total. The third kappa shape index (κ3) is 3.36. The lowest BCUT2D eigenvalue weighted by Gasteiger charge is -2.28. The minimum Gasteiger partial charge on any atom is -0.381 e. The lowest BCUT2D eigenvalue weighted by atomic mass is 9.93. The van der Waals surface area contributed by atoms with Crippen molar-refractivity contribution in [2.75, 3.05) is 12.4 Å². The second-order valence-electron chi connectivity index (χ2n) is 5.81. The Labute approximate surface area is 143 Å². The zero-order valence-corrected chi connectivity index (χ0v) is 15.0. The molecule has 0 saturated heterocycles. The molecule has 1 fully saturated rings. The fourth-order valence-electron chi connectivity index (χ4n) is 3.08. The summed E-state index contributed by atoms with van der Waals surface area (Å²) >= 11 is 9.65. The first-order valence-corrected chi connectivity index (χ1v) is 8.66. The minimum absolute atomic E-state index is 0.283. The molecule has 1 aliphatic carbocycles. The van der Waals surface area contributed by atoms with Crippen LogP contribution in [0.3, 0.4) is 0 Å². The van der Waals surface area contributed by atoms with Gasteiger partial charge >= 0.3 is 0 Å². The summed E-state index contributed by atoms with van der Waals surface area (Å²) in [6.45, 7) is 2.03. The van der Waals surface area contributed by atoms with E-state index in [1.807, 2.05) is 19.1 Å². The van der Waals surface area contributed by atoms with Gasteiger partial charge < -0.3 is 10.1 Å². The summed E-state index contributed by atoms with van der Waals surface area (Å²) in [5.74, 6) is 0.820. The average molecular weight is 385 g/mol. The normalized spacial score (nSPS) is 22.0. The number of methoxy groups -OCH3 is 1. The first kappa shape index (κ1) is 16.0. The molecular formula is C16H19BrClN3O. The van der Waals surface area contributed by atoms with Gasteiger partial charge in [-0.2, -0.15) is 0 Å². The van der Waals surface area contributed by atoms with Crippen LogP contribution in [0.2, 0.25) is 5.28 Å². The Kier molecular flexibility index (Phi) is 4.85. The number of aryl methyl sites for hydroxylation is 1. The van der Waals surface area contributed by atoms with Crippen LogP contribution in [-0.4, -0.2) is 29.2 Å². The van der Waals surface area contributed by atoms with E-state index in [2.05, 4.69) is 31.2 Å². The molecule has 0 aliphatic heterocycles. The molecule has 0 atom stereocenters. The van der Waals surface area contributed by atoms with Crippen LogP contribution in [-0.2, 0) is 4.74 Å². The van der Waals surface area contributed by atoms with Crippen LogP contribution in [0.1, 0.15) is 31.2 Å². The quantitative estimate of drug-likeness (QED) is 0.778. The van der Waals surface area contributed by atoms with Gasteiger partial charge in [-0.1, -0.05) is 15.9 Å². The molecule has 0 spiro atoms. The van der Waals surface area contributed by atoms with Crippen molar-refractivity contribution in [3.8, 4) is 0 Å². The van der Waals surface area contributed by atoms with Gasteiger partial charge in [-0.15, -0.1) is 0 Å². The SMILES string of the molecule is COC1CCC(Nc2nc(Cl)nc3c(C)cc(Br)cc23)CC1. The first-order valence-electron chi connectivity index (χ1n) is 7.49. The Morgan fingerprint density at radius 3 is 2.64 bits per heavy atom. The molecule has 118 valence electrons. The van der Waals surface area contributed by atoms with E-state index in [-0.39, 0.29) is 5.28 Å². The van der Waals surface area contributed by atoms with E-state index in [0.29, 0.717) is 12.1 Å². The van der Waals surface area contributed by atoms with Gasteiger partial charge in [0.25, 0.3) is 0 Å². The van der Waals surface area contributed by atoms with Gasteiger partial charge in [0, 0.05) is 23.0 Å². The second-order valence-corrected chi connectivity index (χ2v) is 7.07. The Morgan fingerprint density at radius 2 is 1.95 bits per heavy atom. The van der Waals surface area contributed by atoms with Gasteiger partial charge in [0.1, 0.15) is 5.82 Å². The fourth-order valence-corrected chi connectivity index (χ4v) is 3.82. The molecule has 0 radical (unpaired) electrons. The molecule has 0 unspecified atom stereocenters. The monoisotopic (exact) mass is 383 g/mol. The molecule has 2 aromatic rings. The van der Waals surface area contributed by atoms with Crippen molar-refractivity contribution in [3.63, 3.8) is 0 Å². The van der Waals surface area contributed by atoms with Crippen molar-refractivity contribution in [3.05, 3.63) is 27.5 Å². The highest BCUT2D eigenvalue weighted by Crippen LogP contribution is 2.31. The molecule has 6 heteroatoms. The number of nitrogens with one attached hydrogen (secondary N) is 1. The summed E-state index contributed by atoms with van der Waals surface area (Å²) in [7, 11) is 1.79. The number of anilines is 1. The van der Waals surface area contributed by atoms with Gasteiger partial charge in [0.15, 0.2) is 0 Å². The number of rotatable bonds is 3. The smallest absolute Gasteiger partial charge is 0.224 e. The summed E-state index contributed by atoms with van der Waals surface area (Å²) in [4.78, 5) is 8.78.